The third kappa shape index (κ3) is 8.07. The number of rotatable bonds is 11. The largest absolute Gasteiger partial charge is 0.573 e. The number of hydrogen-bond donors (Lipinski definition) is 5. The Balaban J connectivity index is 1.40. The number of aliphatic carboxylic acids is 1. The minimum absolute atomic E-state index is 0.0170. The molecule has 0 saturated carbocycles. The number of nitrogens with one attached hydrogen (secondary N) is 4. The highest BCUT2D eigenvalue weighted by molar-refractivity contribution is 5.87. The van der Waals surface area contributed by atoms with Gasteiger partial charge < -0.3 is 30.2 Å². The molecule has 4 aromatic rings. The monoisotopic (exact) mass is 612 g/mol. The number of fused-ring (bicyclic) bond motifs is 1. The second-order valence-corrected chi connectivity index (χ2v) is 10.2. The van der Waals surface area contributed by atoms with Gasteiger partial charge in [-0.2, -0.15) is 0 Å². The van der Waals surface area contributed by atoms with Gasteiger partial charge in [0.05, 0.1) is 6.61 Å². The Morgan fingerprint density at radius 1 is 1.02 bits per heavy atom. The Morgan fingerprint density at radius 3 is 2.45 bits per heavy atom. The number of carboxylic acids is 1. The van der Waals surface area contributed by atoms with Crippen molar-refractivity contribution >= 4 is 34.2 Å². The Hall–Kier alpha value is -5.04. The quantitative estimate of drug-likeness (QED) is 0.138. The smallest absolute Gasteiger partial charge is 0.479 e. The number of H-pyrrole nitrogens is 1. The number of anilines is 2. The fourth-order valence-corrected chi connectivity index (χ4v) is 4.81. The zero-order valence-electron chi connectivity index (χ0n) is 24.0. The molecule has 0 fully saturated rings. The minimum atomic E-state index is -4.85. The number of halogens is 3. The molecule has 2 atom stereocenters. The first-order valence-corrected chi connectivity index (χ1v) is 13.5. The maximum atomic E-state index is 12.7. The molecular weight excluding hydrogens is 581 g/mol. The number of hydrogen-bond acceptors (Lipinski definition) is 7. The van der Waals surface area contributed by atoms with Crippen molar-refractivity contribution in [3.63, 3.8) is 0 Å². The highest BCUT2D eigenvalue weighted by atomic mass is 19.4. The van der Waals surface area contributed by atoms with E-state index in [1.165, 1.54) is 12.1 Å². The second kappa shape index (κ2) is 13.5. The van der Waals surface area contributed by atoms with Crippen LogP contribution in [-0.4, -0.2) is 42.2 Å². The molecule has 5 N–H and O–H groups in total. The van der Waals surface area contributed by atoms with Crippen LogP contribution in [0.15, 0.2) is 71.7 Å². The Morgan fingerprint density at radius 2 is 1.77 bits per heavy atom. The van der Waals surface area contributed by atoms with Gasteiger partial charge in [-0.3, -0.25) is 10.1 Å². The summed E-state index contributed by atoms with van der Waals surface area (Å²) in [6.45, 7) is 3.71. The summed E-state index contributed by atoms with van der Waals surface area (Å²) in [5, 5.41) is 19.3. The first-order valence-electron chi connectivity index (χ1n) is 13.5. The summed E-state index contributed by atoms with van der Waals surface area (Å²) < 4.78 is 47.5. The van der Waals surface area contributed by atoms with Crippen molar-refractivity contribution in [2.24, 2.45) is 0 Å². The highest BCUT2D eigenvalue weighted by Gasteiger charge is 2.32. The van der Waals surface area contributed by atoms with E-state index in [1.54, 1.807) is 55.7 Å². The van der Waals surface area contributed by atoms with E-state index in [9.17, 15) is 32.7 Å². The topological polar surface area (TPSA) is 142 Å². The average molecular weight is 613 g/mol. The number of amides is 1. The number of carboxylic acid groups (broad SMARTS) is 1. The van der Waals surface area contributed by atoms with Crippen molar-refractivity contribution in [2.75, 3.05) is 24.3 Å². The van der Waals surface area contributed by atoms with Crippen molar-refractivity contribution in [2.45, 2.75) is 38.7 Å². The summed E-state index contributed by atoms with van der Waals surface area (Å²) in [4.78, 5) is 39.4. The van der Waals surface area contributed by atoms with Crippen molar-refractivity contribution in [1.82, 2.24) is 10.3 Å². The number of carbonyl (C=O) groups is 2. The summed E-state index contributed by atoms with van der Waals surface area (Å²) >= 11 is 0. The van der Waals surface area contributed by atoms with Crippen LogP contribution >= 0.6 is 0 Å². The normalized spacial score (nSPS) is 12.8. The number of aromatic nitrogens is 1. The fourth-order valence-electron chi connectivity index (χ4n) is 4.81. The van der Waals surface area contributed by atoms with E-state index in [1.807, 2.05) is 13.8 Å². The van der Waals surface area contributed by atoms with Crippen molar-refractivity contribution < 1.29 is 37.3 Å². The zero-order valence-corrected chi connectivity index (χ0v) is 24.0. The van der Waals surface area contributed by atoms with Crippen LogP contribution in [0.2, 0.25) is 0 Å². The summed E-state index contributed by atoms with van der Waals surface area (Å²) in [6, 6.07) is 14.6. The predicted octanol–water partition coefficient (Wildman–Crippen LogP) is 6.04. The summed E-state index contributed by atoms with van der Waals surface area (Å²) in [6.07, 6.45) is -4.11. The number of ether oxygens (including phenoxy) is 2. The molecule has 3 aromatic carbocycles. The lowest BCUT2D eigenvalue weighted by molar-refractivity contribution is -0.274. The van der Waals surface area contributed by atoms with Crippen molar-refractivity contribution in [3.05, 3.63) is 99.5 Å². The van der Waals surface area contributed by atoms with Crippen LogP contribution in [0.4, 0.5) is 29.3 Å². The van der Waals surface area contributed by atoms with E-state index in [0.717, 1.165) is 22.6 Å². The summed E-state index contributed by atoms with van der Waals surface area (Å²) in [7, 11) is 1.56. The average Bonchev–Trinajstić information content (AvgIpc) is 2.95. The molecule has 1 unspecified atom stereocenters. The van der Waals surface area contributed by atoms with E-state index in [0.29, 0.717) is 16.6 Å². The summed E-state index contributed by atoms with van der Waals surface area (Å²) in [5.41, 5.74) is 2.70. The molecule has 1 heterocycles. The second-order valence-electron chi connectivity index (χ2n) is 10.2. The molecule has 0 radical (unpaired) electrons. The third-order valence-corrected chi connectivity index (χ3v) is 6.86. The number of carbonyl (C=O) groups excluding carboxylic acids is 1. The van der Waals surface area contributed by atoms with Gasteiger partial charge in [0.1, 0.15) is 5.75 Å². The third-order valence-electron chi connectivity index (χ3n) is 6.86. The molecule has 0 aliphatic carbocycles. The van der Waals surface area contributed by atoms with Gasteiger partial charge in [0.25, 0.3) is 5.56 Å². The standard InChI is InChI=1S/C31H31F3N4O6/c1-17-12-20(27(29(40)41)37-23-6-4-19-10-11-36-28(39)25(19)14-23)5-8-24(17)18(2)16-43-30(42)38-22-7-9-26(44-31(32,33)34)21(13-22)15-35-3/h4-14,18,27,35,37H,15-16H2,1-3H3,(H,36,39)(H,38,42)(H,40,41)/t18-,27?/m0/s1. The first-order chi connectivity index (χ1) is 20.8. The molecule has 0 aliphatic rings. The Labute approximate surface area is 250 Å². The molecule has 0 aliphatic heterocycles. The zero-order chi connectivity index (χ0) is 32.0. The van der Waals surface area contributed by atoms with Gasteiger partial charge in [0.2, 0.25) is 0 Å². The molecule has 4 rings (SSSR count). The fraction of sp³-hybridized carbons (Fsp3) is 0.258. The maximum Gasteiger partial charge on any atom is 0.573 e. The molecule has 232 valence electrons. The molecule has 1 amide bonds. The van der Waals surface area contributed by atoms with E-state index >= 15 is 0 Å². The van der Waals surface area contributed by atoms with Crippen LogP contribution in [0.3, 0.4) is 0 Å². The van der Waals surface area contributed by atoms with Crippen LogP contribution < -0.4 is 26.2 Å². The predicted molar refractivity (Wildman–Crippen MR) is 159 cm³/mol. The SMILES string of the molecule is CNCc1cc(NC(=O)OC[C@H](C)c2ccc(C(Nc3ccc4cc[nH]c(=O)c4c3)C(=O)O)cc2C)ccc1OC(F)(F)F. The van der Waals surface area contributed by atoms with E-state index in [-0.39, 0.29) is 41.6 Å². The Bertz CT molecular complexity index is 1720. The number of aromatic amines is 1. The van der Waals surface area contributed by atoms with Gasteiger partial charge in [-0.25, -0.2) is 9.59 Å². The number of alkyl halides is 3. The number of benzene rings is 3. The molecule has 0 saturated heterocycles. The van der Waals surface area contributed by atoms with Gasteiger partial charge in [-0.15, -0.1) is 13.2 Å². The lowest BCUT2D eigenvalue weighted by Crippen LogP contribution is -2.21. The molecule has 0 spiro atoms. The van der Waals surface area contributed by atoms with Gasteiger partial charge >= 0.3 is 18.4 Å². The Kier molecular flexibility index (Phi) is 9.79. The van der Waals surface area contributed by atoms with Crippen LogP contribution in [-0.2, 0) is 16.1 Å². The molecule has 44 heavy (non-hydrogen) atoms. The molecular formula is C31H31F3N4O6. The van der Waals surface area contributed by atoms with Crippen LogP contribution in [0.25, 0.3) is 10.8 Å². The van der Waals surface area contributed by atoms with E-state index in [2.05, 4.69) is 25.7 Å². The van der Waals surface area contributed by atoms with E-state index < -0.39 is 24.5 Å². The lowest BCUT2D eigenvalue weighted by atomic mass is 9.93. The molecule has 13 heteroatoms. The molecule has 1 aromatic heterocycles. The van der Waals surface area contributed by atoms with Crippen LogP contribution in [0, 0.1) is 6.92 Å². The number of pyridine rings is 1. The molecule has 0 bridgehead atoms. The van der Waals surface area contributed by atoms with Crippen molar-refractivity contribution in [3.8, 4) is 5.75 Å². The van der Waals surface area contributed by atoms with Gasteiger partial charge in [-0.05, 0) is 72.4 Å². The first kappa shape index (κ1) is 31.9. The van der Waals surface area contributed by atoms with Gasteiger partial charge in [-0.1, -0.05) is 31.2 Å². The number of aryl methyl sites for hydroxylation is 1. The lowest BCUT2D eigenvalue weighted by Gasteiger charge is -2.20. The minimum Gasteiger partial charge on any atom is -0.479 e. The highest BCUT2D eigenvalue weighted by Crippen LogP contribution is 2.30. The maximum absolute atomic E-state index is 12.7. The molecule has 10 nitrogen and oxygen atoms in total. The van der Waals surface area contributed by atoms with Gasteiger partial charge in [0, 0.05) is 41.0 Å². The van der Waals surface area contributed by atoms with E-state index in [4.69, 9.17) is 4.74 Å². The van der Waals surface area contributed by atoms with Gasteiger partial charge in [0.15, 0.2) is 6.04 Å². The van der Waals surface area contributed by atoms with Crippen LogP contribution in [0.5, 0.6) is 5.75 Å². The van der Waals surface area contributed by atoms with Crippen molar-refractivity contribution in [1.29, 1.82) is 0 Å². The van der Waals surface area contributed by atoms with Crippen LogP contribution in [0.1, 0.15) is 41.1 Å². The summed E-state index contributed by atoms with van der Waals surface area (Å²) in [5.74, 6) is -1.75.